The fourth-order valence-electron chi connectivity index (χ4n) is 3.55. The minimum absolute atomic E-state index is 0.0507. The molecule has 0 saturated carbocycles. The van der Waals surface area contributed by atoms with E-state index in [9.17, 15) is 33.3 Å². The highest BCUT2D eigenvalue weighted by atomic mass is 19.4. The van der Waals surface area contributed by atoms with Crippen LogP contribution < -0.4 is 14.8 Å². The lowest BCUT2D eigenvalue weighted by Gasteiger charge is -2.16. The molecule has 11 heteroatoms. The monoisotopic (exact) mass is 537 g/mol. The molecule has 8 nitrogen and oxygen atoms in total. The van der Waals surface area contributed by atoms with Crippen molar-refractivity contribution >= 4 is 23.4 Å². The summed E-state index contributed by atoms with van der Waals surface area (Å²) in [5, 5.41) is 22.7. The van der Waals surface area contributed by atoms with Crippen LogP contribution in [-0.2, 0) is 24.0 Å². The van der Waals surface area contributed by atoms with Crippen LogP contribution in [-0.4, -0.2) is 17.9 Å². The minimum Gasteiger partial charge on any atom is -0.493 e. The second kappa shape index (κ2) is 12.4. The Balaban J connectivity index is 1.87. The largest absolute Gasteiger partial charge is 0.493 e. The van der Waals surface area contributed by atoms with E-state index in [2.05, 4.69) is 11.9 Å². The lowest BCUT2D eigenvalue weighted by Crippen LogP contribution is -2.14. The van der Waals surface area contributed by atoms with Gasteiger partial charge in [0.2, 0.25) is 0 Å². The molecule has 3 rings (SSSR count). The molecule has 0 bridgehead atoms. The number of nitriles is 1. The molecule has 0 heterocycles. The van der Waals surface area contributed by atoms with Crippen LogP contribution in [0.5, 0.6) is 11.5 Å². The Kier molecular flexibility index (Phi) is 9.07. The standard InChI is InChI=1S/C28H22F3N3O5/c1-3-5-20-12-19(13-21(16-32)27(35)33-23-7-4-6-22(15-23)28(29,30)31)14-25(38-2)26(20)39-17-18-8-10-24(11-9-18)34(36)37/h3-4,6-15H,1,5,17H2,2H3,(H,33,35)/b21-13+. The highest BCUT2D eigenvalue weighted by molar-refractivity contribution is 6.09. The van der Waals surface area contributed by atoms with Crippen LogP contribution in [0.1, 0.15) is 22.3 Å². The van der Waals surface area contributed by atoms with Gasteiger partial charge in [0.25, 0.3) is 11.6 Å². The number of ether oxygens (including phenoxy) is 2. The first-order valence-electron chi connectivity index (χ1n) is 11.3. The van der Waals surface area contributed by atoms with Gasteiger partial charge in [-0.25, -0.2) is 0 Å². The third-order valence-corrected chi connectivity index (χ3v) is 5.39. The van der Waals surface area contributed by atoms with Gasteiger partial charge in [-0.1, -0.05) is 12.1 Å². The number of methoxy groups -OCH3 is 1. The number of benzene rings is 3. The number of nitrogens with one attached hydrogen (secondary N) is 1. The van der Waals surface area contributed by atoms with Crippen LogP contribution >= 0.6 is 0 Å². The number of alkyl halides is 3. The van der Waals surface area contributed by atoms with Gasteiger partial charge in [0.15, 0.2) is 11.5 Å². The van der Waals surface area contributed by atoms with Crippen molar-refractivity contribution in [2.45, 2.75) is 19.2 Å². The highest BCUT2D eigenvalue weighted by Gasteiger charge is 2.30. The predicted molar refractivity (Wildman–Crippen MR) is 138 cm³/mol. The number of allylic oxidation sites excluding steroid dienone is 1. The van der Waals surface area contributed by atoms with Crippen molar-refractivity contribution in [1.82, 2.24) is 0 Å². The van der Waals surface area contributed by atoms with Crippen molar-refractivity contribution in [2.75, 3.05) is 12.4 Å². The summed E-state index contributed by atoms with van der Waals surface area (Å²) in [6.07, 6.45) is -1.36. The topological polar surface area (TPSA) is 114 Å². The van der Waals surface area contributed by atoms with Crippen LogP contribution in [0.4, 0.5) is 24.5 Å². The summed E-state index contributed by atoms with van der Waals surface area (Å²) in [6.45, 7) is 3.81. The molecule has 0 radical (unpaired) electrons. The molecule has 0 aromatic heterocycles. The summed E-state index contributed by atoms with van der Waals surface area (Å²) in [7, 11) is 1.41. The summed E-state index contributed by atoms with van der Waals surface area (Å²) < 4.78 is 50.4. The van der Waals surface area contributed by atoms with E-state index < -0.39 is 22.6 Å². The lowest BCUT2D eigenvalue weighted by molar-refractivity contribution is -0.384. The average molecular weight is 537 g/mol. The number of hydrogen-bond acceptors (Lipinski definition) is 6. The SMILES string of the molecule is C=CCc1cc(/C=C(\C#N)C(=O)Nc2cccc(C(F)(F)F)c2)cc(OC)c1OCc1ccc([N+](=O)[O-])cc1. The number of carbonyl (C=O) groups excluding carboxylic acids is 1. The molecular weight excluding hydrogens is 515 g/mol. The number of carbonyl (C=O) groups is 1. The fourth-order valence-corrected chi connectivity index (χ4v) is 3.55. The number of non-ortho nitro benzene ring substituents is 1. The first-order valence-corrected chi connectivity index (χ1v) is 11.3. The Morgan fingerprint density at radius 2 is 1.90 bits per heavy atom. The zero-order valence-corrected chi connectivity index (χ0v) is 20.6. The average Bonchev–Trinajstić information content (AvgIpc) is 2.90. The molecule has 3 aromatic carbocycles. The van der Waals surface area contributed by atoms with Gasteiger partial charge >= 0.3 is 6.18 Å². The van der Waals surface area contributed by atoms with E-state index >= 15 is 0 Å². The molecule has 0 spiro atoms. The van der Waals surface area contributed by atoms with E-state index in [0.717, 1.165) is 18.2 Å². The number of nitro benzene ring substituents is 1. The van der Waals surface area contributed by atoms with E-state index in [0.29, 0.717) is 28.9 Å². The second-order valence-corrected chi connectivity index (χ2v) is 8.12. The molecule has 200 valence electrons. The van der Waals surface area contributed by atoms with E-state index in [1.165, 1.54) is 37.5 Å². The normalized spacial score (nSPS) is 11.3. The number of anilines is 1. The van der Waals surface area contributed by atoms with Gasteiger partial charge in [-0.3, -0.25) is 14.9 Å². The number of amides is 1. The molecule has 1 N–H and O–H groups in total. The first kappa shape index (κ1) is 28.5. The second-order valence-electron chi connectivity index (χ2n) is 8.12. The molecule has 0 atom stereocenters. The molecule has 0 saturated heterocycles. The van der Waals surface area contributed by atoms with Gasteiger partial charge in [0.1, 0.15) is 18.2 Å². The van der Waals surface area contributed by atoms with Crippen LogP contribution in [0.2, 0.25) is 0 Å². The van der Waals surface area contributed by atoms with Gasteiger partial charge in [-0.05, 0) is 66.1 Å². The molecule has 39 heavy (non-hydrogen) atoms. The fraction of sp³-hybridized carbons (Fsp3) is 0.143. The molecule has 0 fully saturated rings. The Labute approximate surface area is 221 Å². The summed E-state index contributed by atoms with van der Waals surface area (Å²) in [6, 6.07) is 14.9. The molecule has 0 aliphatic carbocycles. The molecule has 0 unspecified atom stereocenters. The Hall–Kier alpha value is -5.11. The maximum absolute atomic E-state index is 13.0. The Morgan fingerprint density at radius 1 is 1.18 bits per heavy atom. The number of rotatable bonds is 10. The van der Waals surface area contributed by atoms with Crippen LogP contribution in [0.25, 0.3) is 6.08 Å². The highest BCUT2D eigenvalue weighted by Crippen LogP contribution is 2.35. The van der Waals surface area contributed by atoms with E-state index in [1.54, 1.807) is 30.3 Å². The number of hydrogen-bond donors (Lipinski definition) is 1. The molecule has 0 aliphatic rings. The van der Waals surface area contributed by atoms with Crippen LogP contribution in [0.3, 0.4) is 0 Å². The van der Waals surface area contributed by atoms with Crippen molar-refractivity contribution in [1.29, 1.82) is 5.26 Å². The maximum atomic E-state index is 13.0. The summed E-state index contributed by atoms with van der Waals surface area (Å²) in [4.78, 5) is 23.0. The number of halogens is 3. The quantitative estimate of drug-likeness (QED) is 0.104. The van der Waals surface area contributed by atoms with Gasteiger partial charge in [-0.2, -0.15) is 18.4 Å². The summed E-state index contributed by atoms with van der Waals surface area (Å²) in [5.74, 6) is -0.225. The minimum atomic E-state index is -4.59. The predicted octanol–water partition coefficient (Wildman–Crippen LogP) is 6.48. The summed E-state index contributed by atoms with van der Waals surface area (Å²) >= 11 is 0. The molecule has 1 amide bonds. The Morgan fingerprint density at radius 3 is 2.49 bits per heavy atom. The lowest BCUT2D eigenvalue weighted by atomic mass is 10.0. The first-order chi connectivity index (χ1) is 18.5. The van der Waals surface area contributed by atoms with Gasteiger partial charge in [0, 0.05) is 23.4 Å². The summed E-state index contributed by atoms with van der Waals surface area (Å²) in [5.41, 5.74) is 0.245. The Bertz CT molecular complexity index is 1460. The van der Waals surface area contributed by atoms with Crippen molar-refractivity contribution < 1.29 is 32.4 Å². The molecule has 0 aliphatic heterocycles. The van der Waals surface area contributed by atoms with Crippen molar-refractivity contribution in [3.63, 3.8) is 0 Å². The van der Waals surface area contributed by atoms with Crippen LogP contribution in [0, 0.1) is 21.4 Å². The van der Waals surface area contributed by atoms with E-state index in [-0.39, 0.29) is 29.3 Å². The van der Waals surface area contributed by atoms with Crippen LogP contribution in [0.15, 0.2) is 78.9 Å². The molecule has 3 aromatic rings. The third-order valence-electron chi connectivity index (χ3n) is 5.39. The van der Waals surface area contributed by atoms with E-state index in [1.807, 2.05) is 0 Å². The van der Waals surface area contributed by atoms with Gasteiger partial charge < -0.3 is 14.8 Å². The van der Waals surface area contributed by atoms with Crippen molar-refractivity contribution in [3.05, 3.63) is 111 Å². The zero-order chi connectivity index (χ0) is 28.6. The molecular formula is C28H22F3N3O5. The van der Waals surface area contributed by atoms with E-state index in [4.69, 9.17) is 9.47 Å². The number of nitro groups is 1. The number of nitrogens with zero attached hydrogens (tertiary/aromatic N) is 2. The van der Waals surface area contributed by atoms with Gasteiger partial charge in [-0.15, -0.1) is 6.58 Å². The van der Waals surface area contributed by atoms with Gasteiger partial charge in [0.05, 0.1) is 17.6 Å². The van der Waals surface area contributed by atoms with Crippen molar-refractivity contribution in [3.8, 4) is 17.6 Å². The van der Waals surface area contributed by atoms with Crippen molar-refractivity contribution in [2.24, 2.45) is 0 Å². The smallest absolute Gasteiger partial charge is 0.416 e. The third kappa shape index (κ3) is 7.45. The maximum Gasteiger partial charge on any atom is 0.416 e. The zero-order valence-electron chi connectivity index (χ0n) is 20.6.